The van der Waals surface area contributed by atoms with Crippen molar-refractivity contribution in [2.45, 2.75) is 26.2 Å². The zero-order valence-electron chi connectivity index (χ0n) is 13.7. The van der Waals surface area contributed by atoms with Gasteiger partial charge in [0.15, 0.2) is 0 Å². The molecule has 0 radical (unpaired) electrons. The van der Waals surface area contributed by atoms with E-state index in [1.807, 2.05) is 31.2 Å². The highest BCUT2D eigenvalue weighted by atomic mass is 16.5. The standard InChI is InChI=1S/C18H22N2O3/c1-3-20-17(21)15(13-9-5-6-10-14(13)23-2)16(18(20)22)19-11-7-4-8-12-19/h5-6,9-10H,3-4,7-8,11-12H2,1-2H3. The number of amides is 2. The Hall–Kier alpha value is -2.30. The molecular weight excluding hydrogens is 292 g/mol. The third kappa shape index (κ3) is 2.60. The van der Waals surface area contributed by atoms with E-state index in [1.165, 1.54) is 11.3 Å². The summed E-state index contributed by atoms with van der Waals surface area (Å²) in [5, 5.41) is 0. The van der Waals surface area contributed by atoms with Gasteiger partial charge in [0, 0.05) is 25.2 Å². The predicted octanol–water partition coefficient (Wildman–Crippen LogP) is 2.28. The van der Waals surface area contributed by atoms with Gasteiger partial charge in [0.25, 0.3) is 11.8 Å². The molecule has 2 amide bonds. The van der Waals surface area contributed by atoms with Crippen molar-refractivity contribution in [3.63, 3.8) is 0 Å². The Kier molecular flexibility index (Phi) is 4.37. The summed E-state index contributed by atoms with van der Waals surface area (Å²) < 4.78 is 5.41. The minimum Gasteiger partial charge on any atom is -0.496 e. The molecule has 0 saturated carbocycles. The number of benzene rings is 1. The summed E-state index contributed by atoms with van der Waals surface area (Å²) in [5.74, 6) is 0.221. The molecule has 122 valence electrons. The van der Waals surface area contributed by atoms with Gasteiger partial charge in [-0.05, 0) is 32.3 Å². The number of likely N-dealkylation sites (N-methyl/N-ethyl adjacent to an activating group) is 1. The molecular formula is C18H22N2O3. The Morgan fingerprint density at radius 3 is 2.39 bits per heavy atom. The van der Waals surface area contributed by atoms with Crippen LogP contribution in [0.2, 0.25) is 0 Å². The van der Waals surface area contributed by atoms with Crippen molar-refractivity contribution in [1.82, 2.24) is 9.80 Å². The van der Waals surface area contributed by atoms with Gasteiger partial charge >= 0.3 is 0 Å². The highest BCUT2D eigenvalue weighted by Crippen LogP contribution is 2.36. The second kappa shape index (κ2) is 6.44. The van der Waals surface area contributed by atoms with Crippen LogP contribution in [0.15, 0.2) is 30.0 Å². The first-order valence-corrected chi connectivity index (χ1v) is 8.17. The molecule has 1 saturated heterocycles. The number of para-hydroxylation sites is 1. The molecule has 23 heavy (non-hydrogen) atoms. The van der Waals surface area contributed by atoms with E-state index in [4.69, 9.17) is 4.74 Å². The number of hydrogen-bond acceptors (Lipinski definition) is 4. The maximum atomic E-state index is 12.8. The summed E-state index contributed by atoms with van der Waals surface area (Å²) in [7, 11) is 1.58. The van der Waals surface area contributed by atoms with Gasteiger partial charge in [0.05, 0.1) is 12.7 Å². The highest BCUT2D eigenvalue weighted by molar-refractivity contribution is 6.36. The number of methoxy groups -OCH3 is 1. The lowest BCUT2D eigenvalue weighted by molar-refractivity contribution is -0.137. The number of ether oxygens (including phenoxy) is 1. The molecule has 0 unspecified atom stereocenters. The van der Waals surface area contributed by atoms with Crippen molar-refractivity contribution in [2.75, 3.05) is 26.7 Å². The summed E-state index contributed by atoms with van der Waals surface area (Å²) >= 11 is 0. The Balaban J connectivity index is 2.15. The lowest BCUT2D eigenvalue weighted by Gasteiger charge is -2.29. The van der Waals surface area contributed by atoms with Gasteiger partial charge in [-0.3, -0.25) is 14.5 Å². The van der Waals surface area contributed by atoms with E-state index < -0.39 is 0 Å². The van der Waals surface area contributed by atoms with E-state index in [-0.39, 0.29) is 11.8 Å². The number of likely N-dealkylation sites (tertiary alicyclic amines) is 1. The number of carbonyl (C=O) groups excluding carboxylic acids is 2. The summed E-state index contributed by atoms with van der Waals surface area (Å²) in [4.78, 5) is 29.0. The van der Waals surface area contributed by atoms with E-state index >= 15 is 0 Å². The Morgan fingerprint density at radius 1 is 1.04 bits per heavy atom. The van der Waals surface area contributed by atoms with E-state index in [0.29, 0.717) is 29.1 Å². The average molecular weight is 314 g/mol. The van der Waals surface area contributed by atoms with Crippen molar-refractivity contribution in [2.24, 2.45) is 0 Å². The fourth-order valence-electron chi connectivity index (χ4n) is 3.36. The summed E-state index contributed by atoms with van der Waals surface area (Å²) in [6.07, 6.45) is 3.28. The van der Waals surface area contributed by atoms with E-state index in [0.717, 1.165) is 25.9 Å². The van der Waals surface area contributed by atoms with Crippen LogP contribution < -0.4 is 4.74 Å². The molecule has 0 N–H and O–H groups in total. The van der Waals surface area contributed by atoms with Gasteiger partial charge in [0.2, 0.25) is 0 Å². The molecule has 2 aliphatic rings. The molecule has 2 aliphatic heterocycles. The fraction of sp³-hybridized carbons (Fsp3) is 0.444. The molecule has 0 atom stereocenters. The zero-order valence-corrected chi connectivity index (χ0v) is 13.7. The molecule has 0 aliphatic carbocycles. The monoisotopic (exact) mass is 314 g/mol. The van der Waals surface area contributed by atoms with Crippen LogP contribution in [0.4, 0.5) is 0 Å². The SMILES string of the molecule is CCN1C(=O)C(c2ccccc2OC)=C(N2CCCCC2)C1=O. The lowest BCUT2D eigenvalue weighted by atomic mass is 10.0. The normalized spacial score (nSPS) is 18.9. The Morgan fingerprint density at radius 2 is 1.74 bits per heavy atom. The third-order valence-corrected chi connectivity index (χ3v) is 4.51. The van der Waals surface area contributed by atoms with Crippen LogP contribution >= 0.6 is 0 Å². The average Bonchev–Trinajstić information content (AvgIpc) is 2.85. The molecule has 2 heterocycles. The van der Waals surface area contributed by atoms with Crippen LogP contribution in [-0.2, 0) is 9.59 Å². The summed E-state index contributed by atoms with van der Waals surface area (Å²) in [5.41, 5.74) is 1.72. The molecule has 0 bridgehead atoms. The first kappa shape index (κ1) is 15.6. The molecule has 1 aromatic rings. The van der Waals surface area contributed by atoms with Crippen LogP contribution in [0.5, 0.6) is 5.75 Å². The molecule has 1 aromatic carbocycles. The number of carbonyl (C=O) groups is 2. The number of hydrogen-bond donors (Lipinski definition) is 0. The quantitative estimate of drug-likeness (QED) is 0.800. The minimum atomic E-state index is -0.220. The number of piperidine rings is 1. The van der Waals surface area contributed by atoms with E-state index in [2.05, 4.69) is 4.90 Å². The van der Waals surface area contributed by atoms with Gasteiger partial charge in [-0.25, -0.2) is 0 Å². The van der Waals surface area contributed by atoms with Crippen molar-refractivity contribution in [1.29, 1.82) is 0 Å². The molecule has 5 heteroatoms. The van der Waals surface area contributed by atoms with Crippen molar-refractivity contribution >= 4 is 17.4 Å². The molecule has 5 nitrogen and oxygen atoms in total. The number of nitrogens with zero attached hydrogens (tertiary/aromatic N) is 2. The molecule has 0 aromatic heterocycles. The topological polar surface area (TPSA) is 49.9 Å². The summed E-state index contributed by atoms with van der Waals surface area (Å²) in [6, 6.07) is 7.40. The van der Waals surface area contributed by atoms with Gasteiger partial charge in [-0.2, -0.15) is 0 Å². The smallest absolute Gasteiger partial charge is 0.277 e. The van der Waals surface area contributed by atoms with Crippen LogP contribution in [-0.4, -0.2) is 48.4 Å². The first-order chi connectivity index (χ1) is 11.2. The number of imide groups is 1. The van der Waals surface area contributed by atoms with Crippen molar-refractivity contribution in [3.05, 3.63) is 35.5 Å². The number of rotatable bonds is 4. The van der Waals surface area contributed by atoms with E-state index in [1.54, 1.807) is 7.11 Å². The molecule has 3 rings (SSSR count). The molecule has 0 spiro atoms. The molecule has 1 fully saturated rings. The maximum absolute atomic E-state index is 12.8. The van der Waals surface area contributed by atoms with Crippen LogP contribution in [0.25, 0.3) is 5.57 Å². The first-order valence-electron chi connectivity index (χ1n) is 8.17. The van der Waals surface area contributed by atoms with Gasteiger partial charge < -0.3 is 9.64 Å². The van der Waals surface area contributed by atoms with Crippen LogP contribution in [0.1, 0.15) is 31.7 Å². The predicted molar refractivity (Wildman–Crippen MR) is 87.7 cm³/mol. The Bertz CT molecular complexity index is 660. The van der Waals surface area contributed by atoms with E-state index in [9.17, 15) is 9.59 Å². The Labute approximate surface area is 136 Å². The van der Waals surface area contributed by atoms with Gasteiger partial charge in [-0.1, -0.05) is 18.2 Å². The largest absolute Gasteiger partial charge is 0.496 e. The fourth-order valence-corrected chi connectivity index (χ4v) is 3.36. The van der Waals surface area contributed by atoms with Crippen LogP contribution in [0, 0.1) is 0 Å². The van der Waals surface area contributed by atoms with Crippen LogP contribution in [0.3, 0.4) is 0 Å². The van der Waals surface area contributed by atoms with Gasteiger partial charge in [-0.15, -0.1) is 0 Å². The lowest BCUT2D eigenvalue weighted by Crippen LogP contribution is -2.37. The second-order valence-corrected chi connectivity index (χ2v) is 5.83. The second-order valence-electron chi connectivity index (χ2n) is 5.83. The van der Waals surface area contributed by atoms with Crippen molar-refractivity contribution in [3.8, 4) is 5.75 Å². The highest BCUT2D eigenvalue weighted by Gasteiger charge is 2.41. The maximum Gasteiger partial charge on any atom is 0.277 e. The minimum absolute atomic E-state index is 0.180. The summed E-state index contributed by atoms with van der Waals surface area (Å²) in [6.45, 7) is 3.86. The zero-order chi connectivity index (χ0) is 16.4. The van der Waals surface area contributed by atoms with Gasteiger partial charge in [0.1, 0.15) is 11.4 Å². The third-order valence-electron chi connectivity index (χ3n) is 4.51. The van der Waals surface area contributed by atoms with Crippen molar-refractivity contribution < 1.29 is 14.3 Å².